The standard InChI is InChI=1S/C21H26N2O5S/c1-2-27-20-13-7-6-12-19(20)23(29(25,26)18-10-4-3-5-11-18)16-21(24)22-15-17-9-8-14-28-17/h3-7,10-13,17H,2,8-9,14-16H2,1H3,(H,22,24)/t17-/m1/s1. The van der Waals surface area contributed by atoms with Crippen LogP contribution in [0.15, 0.2) is 59.5 Å². The molecule has 0 aromatic heterocycles. The van der Waals surface area contributed by atoms with E-state index in [-0.39, 0.29) is 17.5 Å². The van der Waals surface area contributed by atoms with Crippen LogP contribution in [0.3, 0.4) is 0 Å². The van der Waals surface area contributed by atoms with E-state index in [1.54, 1.807) is 42.5 Å². The summed E-state index contributed by atoms with van der Waals surface area (Å²) in [4.78, 5) is 12.7. The third-order valence-electron chi connectivity index (χ3n) is 4.60. The molecule has 0 unspecified atom stereocenters. The van der Waals surface area contributed by atoms with Crippen molar-refractivity contribution in [2.24, 2.45) is 0 Å². The molecule has 1 heterocycles. The number of rotatable bonds is 9. The highest BCUT2D eigenvalue weighted by molar-refractivity contribution is 7.92. The van der Waals surface area contributed by atoms with Gasteiger partial charge in [-0.1, -0.05) is 30.3 Å². The van der Waals surface area contributed by atoms with E-state index in [9.17, 15) is 13.2 Å². The average Bonchev–Trinajstić information content (AvgIpc) is 3.26. The van der Waals surface area contributed by atoms with Crippen molar-refractivity contribution in [3.63, 3.8) is 0 Å². The van der Waals surface area contributed by atoms with Gasteiger partial charge in [0, 0.05) is 13.2 Å². The molecular weight excluding hydrogens is 392 g/mol. The van der Waals surface area contributed by atoms with E-state index < -0.39 is 15.9 Å². The second kappa shape index (κ2) is 9.76. The number of hydrogen-bond donors (Lipinski definition) is 1. The zero-order valence-electron chi connectivity index (χ0n) is 16.4. The number of amides is 1. The van der Waals surface area contributed by atoms with Gasteiger partial charge in [-0.2, -0.15) is 0 Å². The van der Waals surface area contributed by atoms with Gasteiger partial charge in [-0.05, 0) is 44.0 Å². The summed E-state index contributed by atoms with van der Waals surface area (Å²) >= 11 is 0. The lowest BCUT2D eigenvalue weighted by molar-refractivity contribution is -0.120. The van der Waals surface area contributed by atoms with E-state index in [2.05, 4.69) is 5.32 Å². The van der Waals surface area contributed by atoms with Gasteiger partial charge in [-0.15, -0.1) is 0 Å². The molecule has 0 spiro atoms. The quantitative estimate of drug-likeness (QED) is 0.677. The predicted octanol–water partition coefficient (Wildman–Crippen LogP) is 2.58. The monoisotopic (exact) mass is 418 g/mol. The maximum Gasteiger partial charge on any atom is 0.264 e. The van der Waals surface area contributed by atoms with Crippen molar-refractivity contribution in [2.45, 2.75) is 30.8 Å². The van der Waals surface area contributed by atoms with E-state index in [4.69, 9.17) is 9.47 Å². The Morgan fingerprint density at radius 1 is 1.17 bits per heavy atom. The van der Waals surface area contributed by atoms with E-state index in [0.29, 0.717) is 31.2 Å². The van der Waals surface area contributed by atoms with Gasteiger partial charge in [0.2, 0.25) is 5.91 Å². The lowest BCUT2D eigenvalue weighted by atomic mass is 10.2. The molecule has 1 N–H and O–H groups in total. The molecular formula is C21H26N2O5S. The molecule has 0 aliphatic carbocycles. The van der Waals surface area contributed by atoms with Crippen LogP contribution < -0.4 is 14.4 Å². The van der Waals surface area contributed by atoms with E-state index in [0.717, 1.165) is 17.1 Å². The van der Waals surface area contributed by atoms with Crippen LogP contribution in [0.25, 0.3) is 0 Å². The van der Waals surface area contributed by atoms with Crippen LogP contribution in [0.5, 0.6) is 5.75 Å². The molecule has 2 aromatic carbocycles. The Hall–Kier alpha value is -2.58. The summed E-state index contributed by atoms with van der Waals surface area (Å²) in [6.07, 6.45) is 1.84. The van der Waals surface area contributed by atoms with Crippen LogP contribution in [0.2, 0.25) is 0 Å². The zero-order chi connectivity index (χ0) is 20.7. The average molecular weight is 419 g/mol. The maximum atomic E-state index is 13.4. The molecule has 1 fully saturated rings. The highest BCUT2D eigenvalue weighted by Crippen LogP contribution is 2.32. The van der Waals surface area contributed by atoms with Gasteiger partial charge in [-0.3, -0.25) is 9.10 Å². The first kappa shape index (κ1) is 21.1. The molecule has 1 aliphatic rings. The molecule has 1 aliphatic heterocycles. The van der Waals surface area contributed by atoms with Gasteiger partial charge in [0.05, 0.1) is 23.3 Å². The van der Waals surface area contributed by atoms with Crippen LogP contribution in [0.1, 0.15) is 19.8 Å². The third kappa shape index (κ3) is 5.27. The molecule has 29 heavy (non-hydrogen) atoms. The zero-order valence-corrected chi connectivity index (χ0v) is 17.2. The van der Waals surface area contributed by atoms with Crippen LogP contribution in [0, 0.1) is 0 Å². The number of benzene rings is 2. The number of hydrogen-bond acceptors (Lipinski definition) is 5. The molecule has 1 atom stereocenters. The predicted molar refractivity (Wildman–Crippen MR) is 111 cm³/mol. The summed E-state index contributed by atoms with van der Waals surface area (Å²) in [5.74, 6) is 0.00717. The Labute approximate surface area is 171 Å². The molecule has 0 bridgehead atoms. The molecule has 7 nitrogen and oxygen atoms in total. The minimum Gasteiger partial charge on any atom is -0.492 e. The van der Waals surface area contributed by atoms with E-state index in [1.165, 1.54) is 12.1 Å². The molecule has 1 saturated heterocycles. The number of sulfonamides is 1. The normalized spacial score (nSPS) is 16.4. The molecule has 0 saturated carbocycles. The molecule has 8 heteroatoms. The van der Waals surface area contributed by atoms with Gasteiger partial charge in [-0.25, -0.2) is 8.42 Å². The number of carbonyl (C=O) groups is 1. The fraction of sp³-hybridized carbons (Fsp3) is 0.381. The van der Waals surface area contributed by atoms with Crippen molar-refractivity contribution in [3.05, 3.63) is 54.6 Å². The Morgan fingerprint density at radius 3 is 2.59 bits per heavy atom. The molecule has 3 rings (SSSR count). The molecule has 156 valence electrons. The first-order chi connectivity index (χ1) is 14.0. The van der Waals surface area contributed by atoms with Crippen molar-refractivity contribution >= 4 is 21.6 Å². The van der Waals surface area contributed by atoms with E-state index in [1.807, 2.05) is 6.92 Å². The minimum absolute atomic E-state index is 0.0196. The van der Waals surface area contributed by atoms with Crippen LogP contribution >= 0.6 is 0 Å². The summed E-state index contributed by atoms with van der Waals surface area (Å²) in [6.45, 7) is 2.90. The van der Waals surface area contributed by atoms with Crippen molar-refractivity contribution in [1.29, 1.82) is 0 Å². The fourth-order valence-electron chi connectivity index (χ4n) is 3.18. The maximum absolute atomic E-state index is 13.4. The van der Waals surface area contributed by atoms with Crippen LogP contribution in [-0.4, -0.2) is 46.7 Å². The van der Waals surface area contributed by atoms with Crippen molar-refractivity contribution in [2.75, 3.05) is 30.6 Å². The summed E-state index contributed by atoms with van der Waals surface area (Å²) in [5.41, 5.74) is 0.325. The van der Waals surface area contributed by atoms with Crippen LogP contribution in [-0.2, 0) is 19.6 Å². The highest BCUT2D eigenvalue weighted by Gasteiger charge is 2.29. The van der Waals surface area contributed by atoms with Crippen molar-refractivity contribution in [3.8, 4) is 5.75 Å². The van der Waals surface area contributed by atoms with E-state index >= 15 is 0 Å². The lowest BCUT2D eigenvalue weighted by Crippen LogP contribution is -2.43. The van der Waals surface area contributed by atoms with Crippen LogP contribution in [0.4, 0.5) is 5.69 Å². The second-order valence-electron chi connectivity index (χ2n) is 6.66. The van der Waals surface area contributed by atoms with Gasteiger partial charge >= 0.3 is 0 Å². The number of nitrogens with zero attached hydrogens (tertiary/aromatic N) is 1. The number of carbonyl (C=O) groups excluding carboxylic acids is 1. The Morgan fingerprint density at radius 2 is 1.90 bits per heavy atom. The topological polar surface area (TPSA) is 84.9 Å². The Kier molecular flexibility index (Phi) is 7.11. The first-order valence-electron chi connectivity index (χ1n) is 9.70. The SMILES string of the molecule is CCOc1ccccc1N(CC(=O)NC[C@H]1CCCO1)S(=O)(=O)c1ccccc1. The summed E-state index contributed by atoms with van der Waals surface area (Å²) < 4.78 is 38.9. The number of para-hydroxylation sites is 2. The number of ether oxygens (including phenoxy) is 2. The largest absolute Gasteiger partial charge is 0.492 e. The molecule has 2 aromatic rings. The number of anilines is 1. The van der Waals surface area contributed by atoms with Gasteiger partial charge in [0.15, 0.2) is 0 Å². The minimum atomic E-state index is -3.97. The summed E-state index contributed by atoms with van der Waals surface area (Å²) in [6, 6.07) is 14.9. The lowest BCUT2D eigenvalue weighted by Gasteiger charge is -2.26. The third-order valence-corrected chi connectivity index (χ3v) is 6.38. The van der Waals surface area contributed by atoms with Crippen molar-refractivity contribution < 1.29 is 22.7 Å². The number of nitrogens with one attached hydrogen (secondary N) is 1. The fourth-order valence-corrected chi connectivity index (χ4v) is 4.63. The highest BCUT2D eigenvalue weighted by atomic mass is 32.2. The first-order valence-corrected chi connectivity index (χ1v) is 11.1. The molecule has 1 amide bonds. The Bertz CT molecular complexity index is 912. The van der Waals surface area contributed by atoms with Gasteiger partial charge in [0.1, 0.15) is 12.3 Å². The second-order valence-corrected chi connectivity index (χ2v) is 8.53. The van der Waals surface area contributed by atoms with Gasteiger partial charge < -0.3 is 14.8 Å². The summed E-state index contributed by atoms with van der Waals surface area (Å²) in [7, 11) is -3.97. The Balaban J connectivity index is 1.88. The summed E-state index contributed by atoms with van der Waals surface area (Å²) in [5, 5.41) is 2.79. The van der Waals surface area contributed by atoms with Gasteiger partial charge in [0.25, 0.3) is 10.0 Å². The smallest absolute Gasteiger partial charge is 0.264 e. The molecule has 0 radical (unpaired) electrons. The van der Waals surface area contributed by atoms with Crippen molar-refractivity contribution in [1.82, 2.24) is 5.32 Å².